The van der Waals surface area contributed by atoms with Gasteiger partial charge in [0.15, 0.2) is 5.58 Å². The first-order chi connectivity index (χ1) is 7.83. The number of anilines is 1. The van der Waals surface area contributed by atoms with Gasteiger partial charge < -0.3 is 9.32 Å². The number of Topliss-reactive ketones (excluding diaryl/α,β-unsaturated/α-hetero) is 1. The van der Waals surface area contributed by atoms with E-state index >= 15 is 0 Å². The number of para-hydroxylation sites is 2. The van der Waals surface area contributed by atoms with E-state index in [2.05, 4.69) is 4.98 Å². The third-order valence-electron chi connectivity index (χ3n) is 2.87. The SMILES string of the molecule is O=C1CCN(c2nc3ccccc3o2)CC1. The smallest absolute Gasteiger partial charge is 0.298 e. The van der Waals surface area contributed by atoms with E-state index in [0.717, 1.165) is 11.1 Å². The number of benzene rings is 1. The predicted octanol–water partition coefficient (Wildman–Crippen LogP) is 2.00. The molecule has 0 saturated carbocycles. The molecule has 0 N–H and O–H groups in total. The quantitative estimate of drug-likeness (QED) is 0.731. The van der Waals surface area contributed by atoms with E-state index in [1.54, 1.807) is 0 Å². The van der Waals surface area contributed by atoms with Crippen LogP contribution >= 0.6 is 0 Å². The molecular formula is C12H12N2O2. The van der Waals surface area contributed by atoms with Crippen LogP contribution in [0.25, 0.3) is 11.1 Å². The summed E-state index contributed by atoms with van der Waals surface area (Å²) >= 11 is 0. The number of rotatable bonds is 1. The van der Waals surface area contributed by atoms with Gasteiger partial charge in [-0.3, -0.25) is 4.79 Å². The van der Waals surface area contributed by atoms with Gasteiger partial charge in [-0.25, -0.2) is 0 Å². The average Bonchev–Trinajstić information content (AvgIpc) is 2.73. The first-order valence-corrected chi connectivity index (χ1v) is 5.45. The normalized spacial score (nSPS) is 17.0. The maximum absolute atomic E-state index is 11.1. The number of carbonyl (C=O) groups excluding carboxylic acids is 1. The first-order valence-electron chi connectivity index (χ1n) is 5.45. The topological polar surface area (TPSA) is 46.3 Å². The van der Waals surface area contributed by atoms with Gasteiger partial charge >= 0.3 is 0 Å². The summed E-state index contributed by atoms with van der Waals surface area (Å²) in [7, 11) is 0. The number of fused-ring (bicyclic) bond motifs is 1. The van der Waals surface area contributed by atoms with E-state index in [1.165, 1.54) is 0 Å². The van der Waals surface area contributed by atoms with Gasteiger partial charge in [0, 0.05) is 25.9 Å². The molecule has 0 bridgehead atoms. The van der Waals surface area contributed by atoms with E-state index in [9.17, 15) is 4.79 Å². The summed E-state index contributed by atoms with van der Waals surface area (Å²) in [6.07, 6.45) is 1.19. The summed E-state index contributed by atoms with van der Waals surface area (Å²) in [5.41, 5.74) is 1.67. The molecule has 0 radical (unpaired) electrons. The van der Waals surface area contributed by atoms with Crippen molar-refractivity contribution in [3.63, 3.8) is 0 Å². The molecule has 1 aromatic carbocycles. The fourth-order valence-corrected chi connectivity index (χ4v) is 1.94. The second-order valence-corrected chi connectivity index (χ2v) is 3.99. The van der Waals surface area contributed by atoms with Crippen molar-refractivity contribution >= 4 is 22.9 Å². The number of aromatic nitrogens is 1. The number of piperidine rings is 1. The number of oxazole rings is 1. The third kappa shape index (κ3) is 1.56. The molecule has 1 aromatic heterocycles. The summed E-state index contributed by atoms with van der Waals surface area (Å²) < 4.78 is 5.65. The zero-order chi connectivity index (χ0) is 11.0. The molecule has 3 rings (SSSR count). The number of carbonyl (C=O) groups is 1. The molecule has 82 valence electrons. The molecule has 1 saturated heterocycles. The Morgan fingerprint density at radius 2 is 1.94 bits per heavy atom. The Hall–Kier alpha value is -1.84. The molecule has 2 aromatic rings. The molecule has 4 nitrogen and oxygen atoms in total. The van der Waals surface area contributed by atoms with E-state index in [4.69, 9.17) is 4.42 Å². The summed E-state index contributed by atoms with van der Waals surface area (Å²) in [4.78, 5) is 17.6. The Morgan fingerprint density at radius 1 is 1.19 bits per heavy atom. The lowest BCUT2D eigenvalue weighted by Crippen LogP contribution is -2.33. The van der Waals surface area contributed by atoms with Crippen LogP contribution in [0, 0.1) is 0 Å². The predicted molar refractivity (Wildman–Crippen MR) is 60.5 cm³/mol. The Bertz CT molecular complexity index is 490. The standard InChI is InChI=1S/C12H12N2O2/c15-9-5-7-14(8-6-9)12-13-10-3-1-2-4-11(10)16-12/h1-4H,5-8H2. The molecular weight excluding hydrogens is 204 g/mol. The maximum Gasteiger partial charge on any atom is 0.298 e. The maximum atomic E-state index is 11.1. The van der Waals surface area contributed by atoms with Crippen LogP contribution in [-0.4, -0.2) is 23.9 Å². The zero-order valence-corrected chi connectivity index (χ0v) is 8.85. The van der Waals surface area contributed by atoms with Gasteiger partial charge in [0.25, 0.3) is 6.01 Å². The lowest BCUT2D eigenvalue weighted by molar-refractivity contribution is -0.119. The van der Waals surface area contributed by atoms with Crippen molar-refractivity contribution in [1.29, 1.82) is 0 Å². The summed E-state index contributed by atoms with van der Waals surface area (Å²) in [6, 6.07) is 8.33. The molecule has 0 atom stereocenters. The van der Waals surface area contributed by atoms with Crippen molar-refractivity contribution in [2.24, 2.45) is 0 Å². The van der Waals surface area contributed by atoms with Gasteiger partial charge in [0.1, 0.15) is 11.3 Å². The fourth-order valence-electron chi connectivity index (χ4n) is 1.94. The van der Waals surface area contributed by atoms with E-state index in [-0.39, 0.29) is 0 Å². The minimum Gasteiger partial charge on any atom is -0.423 e. The fraction of sp³-hybridized carbons (Fsp3) is 0.333. The number of nitrogens with zero attached hydrogens (tertiary/aromatic N) is 2. The van der Waals surface area contributed by atoms with E-state index in [1.807, 2.05) is 29.2 Å². The van der Waals surface area contributed by atoms with Crippen molar-refractivity contribution < 1.29 is 9.21 Å². The largest absolute Gasteiger partial charge is 0.423 e. The highest BCUT2D eigenvalue weighted by Gasteiger charge is 2.20. The molecule has 1 aliphatic heterocycles. The van der Waals surface area contributed by atoms with Crippen LogP contribution in [0.3, 0.4) is 0 Å². The van der Waals surface area contributed by atoms with Crippen molar-refractivity contribution in [3.8, 4) is 0 Å². The monoisotopic (exact) mass is 216 g/mol. The Kier molecular flexibility index (Phi) is 2.13. The minimum absolute atomic E-state index is 0.326. The Morgan fingerprint density at radius 3 is 2.69 bits per heavy atom. The highest BCUT2D eigenvalue weighted by atomic mass is 16.4. The third-order valence-corrected chi connectivity index (χ3v) is 2.87. The molecule has 1 aliphatic rings. The van der Waals surface area contributed by atoms with Crippen molar-refractivity contribution in [2.45, 2.75) is 12.8 Å². The van der Waals surface area contributed by atoms with Crippen LogP contribution < -0.4 is 4.90 Å². The molecule has 4 heteroatoms. The lowest BCUT2D eigenvalue weighted by atomic mass is 10.1. The number of hydrogen-bond donors (Lipinski definition) is 0. The number of ketones is 1. The van der Waals surface area contributed by atoms with Gasteiger partial charge in [-0.2, -0.15) is 4.98 Å². The summed E-state index contributed by atoms with van der Waals surface area (Å²) in [6.45, 7) is 1.43. The molecule has 0 unspecified atom stereocenters. The van der Waals surface area contributed by atoms with Crippen molar-refractivity contribution in [1.82, 2.24) is 4.98 Å². The molecule has 0 amide bonds. The van der Waals surface area contributed by atoms with Gasteiger partial charge in [0.2, 0.25) is 0 Å². The average molecular weight is 216 g/mol. The van der Waals surface area contributed by atoms with Gasteiger partial charge in [-0.15, -0.1) is 0 Å². The van der Waals surface area contributed by atoms with Gasteiger partial charge in [0.05, 0.1) is 0 Å². The molecule has 16 heavy (non-hydrogen) atoms. The van der Waals surface area contributed by atoms with Crippen LogP contribution in [0.5, 0.6) is 0 Å². The number of hydrogen-bond acceptors (Lipinski definition) is 4. The van der Waals surface area contributed by atoms with Crippen LogP contribution in [-0.2, 0) is 4.79 Å². The van der Waals surface area contributed by atoms with E-state index in [0.29, 0.717) is 37.7 Å². The summed E-state index contributed by atoms with van der Waals surface area (Å²) in [5, 5.41) is 0. The van der Waals surface area contributed by atoms with Gasteiger partial charge in [-0.05, 0) is 12.1 Å². The van der Waals surface area contributed by atoms with Crippen molar-refractivity contribution in [2.75, 3.05) is 18.0 Å². The molecule has 0 aliphatic carbocycles. The molecule has 1 fully saturated rings. The minimum atomic E-state index is 0.326. The second-order valence-electron chi connectivity index (χ2n) is 3.99. The molecule has 0 spiro atoms. The highest BCUT2D eigenvalue weighted by Crippen LogP contribution is 2.23. The van der Waals surface area contributed by atoms with Crippen LogP contribution in [0.4, 0.5) is 6.01 Å². The first kappa shape index (κ1) is 9.39. The zero-order valence-electron chi connectivity index (χ0n) is 8.85. The van der Waals surface area contributed by atoms with Crippen LogP contribution in [0.1, 0.15) is 12.8 Å². The van der Waals surface area contributed by atoms with Gasteiger partial charge in [-0.1, -0.05) is 12.1 Å². The van der Waals surface area contributed by atoms with Crippen LogP contribution in [0.2, 0.25) is 0 Å². The lowest BCUT2D eigenvalue weighted by Gasteiger charge is -2.23. The summed E-state index contributed by atoms with van der Waals surface area (Å²) in [5.74, 6) is 0.326. The van der Waals surface area contributed by atoms with Crippen LogP contribution in [0.15, 0.2) is 28.7 Å². The Balaban J connectivity index is 1.91. The van der Waals surface area contributed by atoms with Crippen molar-refractivity contribution in [3.05, 3.63) is 24.3 Å². The Labute approximate surface area is 92.9 Å². The molecule has 2 heterocycles. The second kappa shape index (κ2) is 3.63. The van der Waals surface area contributed by atoms with E-state index < -0.39 is 0 Å². The highest BCUT2D eigenvalue weighted by molar-refractivity contribution is 5.81.